The highest BCUT2D eigenvalue weighted by atomic mass is 32.1. The number of rotatable bonds is 5. The second-order valence-electron chi connectivity index (χ2n) is 5.48. The average Bonchev–Trinajstić information content (AvgIpc) is 2.95. The van der Waals surface area contributed by atoms with E-state index in [0.717, 1.165) is 0 Å². The molecule has 0 radical (unpaired) electrons. The molecule has 134 valence electrons. The fourth-order valence-electron chi connectivity index (χ4n) is 2.64. The first-order chi connectivity index (χ1) is 12.5. The molecule has 0 aliphatic rings. The first-order valence-electron chi connectivity index (χ1n) is 7.66. The van der Waals surface area contributed by atoms with Crippen LogP contribution in [0, 0.1) is 5.82 Å². The number of halogens is 1. The number of carbonyl (C=O) groups excluding carboxylic acids is 2. The molecule has 0 aliphatic heterocycles. The molecule has 0 saturated heterocycles. The maximum absolute atomic E-state index is 14.2. The summed E-state index contributed by atoms with van der Waals surface area (Å²) in [5.41, 5.74) is 6.53. The number of ether oxygens (including phenoxy) is 1. The van der Waals surface area contributed by atoms with Crippen LogP contribution >= 0.6 is 11.3 Å². The predicted octanol–water partition coefficient (Wildman–Crippen LogP) is 3.93. The zero-order chi connectivity index (χ0) is 18.7. The van der Waals surface area contributed by atoms with E-state index in [1.165, 1.54) is 24.5 Å². The van der Waals surface area contributed by atoms with Crippen LogP contribution in [0.4, 0.5) is 20.6 Å². The SMILES string of the molecule is COCc1c(C(=O)Nc2cccc(NC(N)=O)c2)sc2cccc(F)c12. The third-order valence-electron chi connectivity index (χ3n) is 3.65. The van der Waals surface area contributed by atoms with E-state index in [1.807, 2.05) is 0 Å². The average molecular weight is 373 g/mol. The van der Waals surface area contributed by atoms with Crippen molar-refractivity contribution in [2.45, 2.75) is 6.61 Å². The number of thiophene rings is 1. The van der Waals surface area contributed by atoms with Crippen molar-refractivity contribution in [3.8, 4) is 0 Å². The number of benzene rings is 2. The van der Waals surface area contributed by atoms with E-state index in [4.69, 9.17) is 10.5 Å². The van der Waals surface area contributed by atoms with E-state index >= 15 is 0 Å². The Morgan fingerprint density at radius 3 is 2.54 bits per heavy atom. The monoisotopic (exact) mass is 373 g/mol. The van der Waals surface area contributed by atoms with Crippen LogP contribution in [0.25, 0.3) is 10.1 Å². The maximum atomic E-state index is 14.2. The van der Waals surface area contributed by atoms with Crippen LogP contribution in [-0.2, 0) is 11.3 Å². The summed E-state index contributed by atoms with van der Waals surface area (Å²) in [6.07, 6.45) is 0. The van der Waals surface area contributed by atoms with E-state index in [2.05, 4.69) is 10.6 Å². The summed E-state index contributed by atoms with van der Waals surface area (Å²) in [4.78, 5) is 24.1. The summed E-state index contributed by atoms with van der Waals surface area (Å²) in [6.45, 7) is 0.118. The van der Waals surface area contributed by atoms with Gasteiger partial charge >= 0.3 is 6.03 Å². The van der Waals surface area contributed by atoms with E-state index < -0.39 is 11.8 Å². The Labute approximate surface area is 152 Å². The number of fused-ring (bicyclic) bond motifs is 1. The molecule has 3 aromatic rings. The molecule has 3 amide bonds. The summed E-state index contributed by atoms with van der Waals surface area (Å²) in [7, 11) is 1.49. The van der Waals surface area contributed by atoms with Gasteiger partial charge in [-0.15, -0.1) is 11.3 Å². The van der Waals surface area contributed by atoms with Gasteiger partial charge in [0.1, 0.15) is 5.82 Å². The molecule has 6 nitrogen and oxygen atoms in total. The normalized spacial score (nSPS) is 10.7. The number of carbonyl (C=O) groups is 2. The number of anilines is 2. The number of urea groups is 1. The highest BCUT2D eigenvalue weighted by molar-refractivity contribution is 7.21. The molecule has 0 bridgehead atoms. The van der Waals surface area contributed by atoms with Crippen LogP contribution in [0.2, 0.25) is 0 Å². The van der Waals surface area contributed by atoms with Crippen molar-refractivity contribution in [1.29, 1.82) is 0 Å². The van der Waals surface area contributed by atoms with Crippen LogP contribution in [0.1, 0.15) is 15.2 Å². The second-order valence-corrected chi connectivity index (χ2v) is 6.53. The number of nitrogens with one attached hydrogen (secondary N) is 2. The molecule has 0 aliphatic carbocycles. The predicted molar refractivity (Wildman–Crippen MR) is 100 cm³/mol. The Hall–Kier alpha value is -2.97. The second kappa shape index (κ2) is 7.51. The molecule has 0 unspecified atom stereocenters. The Kier molecular flexibility index (Phi) is 5.15. The third-order valence-corrected chi connectivity index (χ3v) is 4.84. The van der Waals surface area contributed by atoms with E-state index in [-0.39, 0.29) is 12.5 Å². The zero-order valence-corrected chi connectivity index (χ0v) is 14.7. The van der Waals surface area contributed by atoms with E-state index in [0.29, 0.717) is 31.9 Å². The van der Waals surface area contributed by atoms with Crippen molar-refractivity contribution in [1.82, 2.24) is 0 Å². The van der Waals surface area contributed by atoms with Gasteiger partial charge in [0.2, 0.25) is 0 Å². The maximum Gasteiger partial charge on any atom is 0.316 e. The molecule has 2 aromatic carbocycles. The lowest BCUT2D eigenvalue weighted by Crippen LogP contribution is -2.19. The molecule has 0 spiro atoms. The Morgan fingerprint density at radius 2 is 1.85 bits per heavy atom. The molecular formula is C18H16FN3O3S. The summed E-state index contributed by atoms with van der Waals surface area (Å²) in [6, 6.07) is 10.6. The van der Waals surface area contributed by atoms with E-state index in [9.17, 15) is 14.0 Å². The van der Waals surface area contributed by atoms with Gasteiger partial charge < -0.3 is 21.1 Å². The number of primary amides is 1. The molecular weight excluding hydrogens is 357 g/mol. The zero-order valence-electron chi connectivity index (χ0n) is 13.8. The number of amides is 3. The first kappa shape index (κ1) is 17.8. The van der Waals surface area contributed by atoms with Crippen LogP contribution in [0.5, 0.6) is 0 Å². The highest BCUT2D eigenvalue weighted by Crippen LogP contribution is 2.34. The Morgan fingerprint density at radius 1 is 1.15 bits per heavy atom. The molecule has 4 N–H and O–H groups in total. The lowest BCUT2D eigenvalue weighted by atomic mass is 10.1. The van der Waals surface area contributed by atoms with Crippen molar-refractivity contribution in [3.63, 3.8) is 0 Å². The molecule has 0 saturated carbocycles. The Bertz CT molecular complexity index is 987. The van der Waals surface area contributed by atoms with Crippen molar-refractivity contribution >= 4 is 44.7 Å². The molecule has 0 atom stereocenters. The van der Waals surface area contributed by atoms with Gasteiger partial charge in [-0.1, -0.05) is 12.1 Å². The third kappa shape index (κ3) is 3.66. The van der Waals surface area contributed by atoms with Crippen molar-refractivity contribution in [2.24, 2.45) is 5.73 Å². The molecule has 3 rings (SSSR count). The number of hydrogen-bond acceptors (Lipinski definition) is 4. The molecule has 1 heterocycles. The highest BCUT2D eigenvalue weighted by Gasteiger charge is 2.20. The summed E-state index contributed by atoms with van der Waals surface area (Å²) >= 11 is 1.20. The largest absolute Gasteiger partial charge is 0.380 e. The van der Waals surface area contributed by atoms with Crippen molar-refractivity contribution in [2.75, 3.05) is 17.7 Å². The molecule has 8 heteroatoms. The van der Waals surface area contributed by atoms with Crippen LogP contribution in [0.15, 0.2) is 42.5 Å². The minimum absolute atomic E-state index is 0.118. The van der Waals surface area contributed by atoms with Gasteiger partial charge in [0.05, 0.1) is 11.5 Å². The lowest BCUT2D eigenvalue weighted by molar-refractivity contribution is 0.102. The van der Waals surface area contributed by atoms with Gasteiger partial charge in [0.15, 0.2) is 0 Å². The van der Waals surface area contributed by atoms with Crippen molar-refractivity contribution < 1.29 is 18.7 Å². The Balaban J connectivity index is 1.94. The van der Waals surface area contributed by atoms with Gasteiger partial charge in [-0.3, -0.25) is 4.79 Å². The fraction of sp³-hybridized carbons (Fsp3) is 0.111. The number of hydrogen-bond donors (Lipinski definition) is 3. The lowest BCUT2D eigenvalue weighted by Gasteiger charge is -2.08. The van der Waals surface area contributed by atoms with Gasteiger partial charge in [-0.25, -0.2) is 9.18 Å². The minimum atomic E-state index is -0.698. The molecule has 26 heavy (non-hydrogen) atoms. The number of methoxy groups -OCH3 is 1. The molecule has 0 fully saturated rings. The van der Waals surface area contributed by atoms with Gasteiger partial charge in [0.25, 0.3) is 5.91 Å². The van der Waals surface area contributed by atoms with Gasteiger partial charge in [0, 0.05) is 34.1 Å². The summed E-state index contributed by atoms with van der Waals surface area (Å²) < 4.78 is 20.0. The molecule has 1 aromatic heterocycles. The van der Waals surface area contributed by atoms with E-state index in [1.54, 1.807) is 36.4 Å². The van der Waals surface area contributed by atoms with Gasteiger partial charge in [-0.2, -0.15) is 0 Å². The van der Waals surface area contributed by atoms with Crippen LogP contribution in [0.3, 0.4) is 0 Å². The topological polar surface area (TPSA) is 93.4 Å². The number of nitrogens with two attached hydrogens (primary N) is 1. The van der Waals surface area contributed by atoms with Gasteiger partial charge in [-0.05, 0) is 30.3 Å². The minimum Gasteiger partial charge on any atom is -0.380 e. The van der Waals surface area contributed by atoms with Crippen LogP contribution in [-0.4, -0.2) is 19.0 Å². The fourth-order valence-corrected chi connectivity index (χ4v) is 3.75. The standard InChI is InChI=1S/C18H16FN3O3S/c1-25-9-12-15-13(19)6-3-7-14(15)26-16(12)17(23)21-10-4-2-5-11(8-10)22-18(20)24/h2-8H,9H2,1H3,(H,21,23)(H3,20,22,24). The first-order valence-corrected chi connectivity index (χ1v) is 8.48. The smallest absolute Gasteiger partial charge is 0.316 e. The van der Waals surface area contributed by atoms with Crippen LogP contribution < -0.4 is 16.4 Å². The summed E-state index contributed by atoms with van der Waals surface area (Å²) in [5, 5.41) is 5.59. The quantitative estimate of drug-likeness (QED) is 0.632. The summed E-state index contributed by atoms with van der Waals surface area (Å²) in [5.74, 6) is -0.772. The van der Waals surface area contributed by atoms with Crippen molar-refractivity contribution in [3.05, 3.63) is 58.7 Å².